The Morgan fingerprint density at radius 2 is 1.86 bits per heavy atom. The Morgan fingerprint density at radius 3 is 2.48 bits per heavy atom. The topological polar surface area (TPSA) is 127 Å². The van der Waals surface area contributed by atoms with Crippen molar-refractivity contribution in [2.75, 3.05) is 6.54 Å². The molecular formula is C28H22ClF3N6O4S2. The molecule has 4 aromatic rings. The van der Waals surface area contributed by atoms with Crippen LogP contribution in [0.15, 0.2) is 81.9 Å². The van der Waals surface area contributed by atoms with E-state index in [-0.39, 0.29) is 34.7 Å². The predicted molar refractivity (Wildman–Crippen MR) is 155 cm³/mol. The van der Waals surface area contributed by atoms with E-state index in [0.29, 0.717) is 32.4 Å². The number of nitrogens with zero attached hydrogens (tertiary/aromatic N) is 5. The Balaban J connectivity index is 0.00000123. The number of aliphatic imine (C=N–C) groups is 1. The third kappa shape index (κ3) is 6.37. The second-order valence-corrected chi connectivity index (χ2v) is 12.7. The summed E-state index contributed by atoms with van der Waals surface area (Å²) in [5.41, 5.74) is 2.69. The van der Waals surface area contributed by atoms with E-state index in [1.807, 2.05) is 11.8 Å². The average molecular weight is 663 g/mol. The molecule has 16 heteroatoms. The van der Waals surface area contributed by atoms with Crippen LogP contribution in [0, 0.1) is 12.7 Å². The van der Waals surface area contributed by atoms with Gasteiger partial charge in [-0.2, -0.15) is 23.5 Å². The zero-order chi connectivity index (χ0) is 31.6. The molecule has 2 aliphatic heterocycles. The van der Waals surface area contributed by atoms with Crippen molar-refractivity contribution in [1.82, 2.24) is 24.4 Å². The van der Waals surface area contributed by atoms with Crippen LogP contribution in [-0.4, -0.2) is 52.7 Å². The van der Waals surface area contributed by atoms with Crippen molar-refractivity contribution in [3.63, 3.8) is 0 Å². The molecule has 0 spiro atoms. The molecule has 2 aromatic carbocycles. The maximum Gasteiger partial charge on any atom is 0.373 e. The first-order chi connectivity index (χ1) is 21.0. The van der Waals surface area contributed by atoms with Crippen molar-refractivity contribution in [2.45, 2.75) is 36.9 Å². The Morgan fingerprint density at radius 1 is 1.14 bits per heavy atom. The number of sulfonamides is 1. The Kier molecular flexibility index (Phi) is 9.13. The van der Waals surface area contributed by atoms with Gasteiger partial charge in [0.1, 0.15) is 11.9 Å². The van der Waals surface area contributed by atoms with E-state index in [2.05, 4.69) is 14.8 Å². The number of amidine groups is 1. The van der Waals surface area contributed by atoms with Gasteiger partial charge in [0.2, 0.25) is 10.0 Å². The number of benzene rings is 2. The monoisotopic (exact) mass is 662 g/mol. The molecule has 0 unspecified atom stereocenters. The van der Waals surface area contributed by atoms with E-state index in [4.69, 9.17) is 26.2 Å². The van der Waals surface area contributed by atoms with Gasteiger partial charge < -0.3 is 4.90 Å². The van der Waals surface area contributed by atoms with Crippen LogP contribution in [0.4, 0.5) is 13.2 Å². The van der Waals surface area contributed by atoms with Gasteiger partial charge in [0.05, 0.1) is 10.6 Å². The van der Waals surface area contributed by atoms with Crippen LogP contribution in [0.25, 0.3) is 5.57 Å². The first-order valence-electron chi connectivity index (χ1n) is 12.9. The summed E-state index contributed by atoms with van der Waals surface area (Å²) in [6.07, 6.45) is 3.24. The van der Waals surface area contributed by atoms with E-state index >= 15 is 0 Å². The molecular weight excluding hydrogens is 641 g/mol. The van der Waals surface area contributed by atoms with Crippen LogP contribution >= 0.6 is 22.9 Å². The number of alkyl halides is 2. The average Bonchev–Trinajstić information content (AvgIpc) is 3.74. The van der Waals surface area contributed by atoms with E-state index in [1.165, 1.54) is 41.7 Å². The predicted octanol–water partition coefficient (Wildman–Crippen LogP) is 5.22. The van der Waals surface area contributed by atoms with Gasteiger partial charge in [0, 0.05) is 58.6 Å². The summed E-state index contributed by atoms with van der Waals surface area (Å²) in [4.78, 5) is 27.6. The number of hydrogen-bond acceptors (Lipinski definition) is 9. The van der Waals surface area contributed by atoms with Gasteiger partial charge in [-0.15, -0.1) is 11.3 Å². The lowest BCUT2D eigenvalue weighted by Gasteiger charge is -2.32. The first-order valence-corrected chi connectivity index (χ1v) is 15.6. The van der Waals surface area contributed by atoms with Crippen molar-refractivity contribution in [3.05, 3.63) is 105 Å². The van der Waals surface area contributed by atoms with Crippen molar-refractivity contribution in [2.24, 2.45) is 4.99 Å². The number of thiazole rings is 1. The lowest BCUT2D eigenvalue weighted by atomic mass is 9.92. The molecule has 0 aliphatic carbocycles. The maximum absolute atomic E-state index is 14.0. The van der Waals surface area contributed by atoms with Gasteiger partial charge in [-0.3, -0.25) is 4.99 Å². The maximum atomic E-state index is 14.0. The van der Waals surface area contributed by atoms with E-state index < -0.39 is 34.5 Å². The highest BCUT2D eigenvalue weighted by Crippen LogP contribution is 2.46. The van der Waals surface area contributed by atoms with E-state index in [0.717, 1.165) is 17.8 Å². The summed E-state index contributed by atoms with van der Waals surface area (Å²) in [5, 5.41) is 6.57. The number of aromatic nitrogens is 3. The molecule has 1 N–H and O–H groups in total. The Hall–Kier alpha value is -4.14. The molecule has 10 nitrogen and oxygen atoms in total. The van der Waals surface area contributed by atoms with Gasteiger partial charge in [-0.05, 0) is 37.3 Å². The van der Waals surface area contributed by atoms with Crippen LogP contribution in [0.1, 0.15) is 40.8 Å². The van der Waals surface area contributed by atoms with Crippen molar-refractivity contribution in [1.29, 1.82) is 0 Å². The summed E-state index contributed by atoms with van der Waals surface area (Å²) >= 11 is 7.83. The van der Waals surface area contributed by atoms with Crippen molar-refractivity contribution >= 4 is 50.5 Å². The number of fused-ring (bicyclic) bond motifs is 1. The third-order valence-electron chi connectivity index (χ3n) is 6.88. The lowest BCUT2D eigenvalue weighted by molar-refractivity contribution is -0.191. The van der Waals surface area contributed by atoms with Crippen LogP contribution in [0.5, 0.6) is 0 Å². The summed E-state index contributed by atoms with van der Waals surface area (Å²) < 4.78 is 70.9. The highest BCUT2D eigenvalue weighted by Gasteiger charge is 2.42. The normalized spacial score (nSPS) is 18.0. The van der Waals surface area contributed by atoms with E-state index in [1.54, 1.807) is 23.7 Å². The molecule has 4 heterocycles. The van der Waals surface area contributed by atoms with Crippen LogP contribution in [-0.2, 0) is 19.6 Å². The highest BCUT2D eigenvalue weighted by atomic mass is 35.5. The fourth-order valence-electron chi connectivity index (χ4n) is 5.04. The minimum atomic E-state index is -3.87. The number of rotatable bonds is 7. The summed E-state index contributed by atoms with van der Waals surface area (Å²) in [6, 6.07) is 10.4. The van der Waals surface area contributed by atoms with Crippen LogP contribution < -0.4 is 4.72 Å². The zero-order valence-corrected chi connectivity index (χ0v) is 25.1. The molecule has 228 valence electrons. The number of halogens is 4. The molecule has 2 atom stereocenters. The standard InChI is InChI=1S/C27H22ClF3N6O2S2.CO2/c1-15-2-5-18(6-3-15)41(38,39)35-17-13-22-23(21-8-10-37(34-21)27(30)31)24(19-7-4-16(29)12-20(19)28)33-25(36(22)14-17)26-32-9-11-40-26;2-1-3/h2-12,17,24,27,35H,13-14H2,1H3;/t17-,24-;/m0./s1. The third-order valence-corrected chi connectivity index (χ3v) is 9.51. The summed E-state index contributed by atoms with van der Waals surface area (Å²) in [7, 11) is -3.87. The molecule has 0 radical (unpaired) electrons. The zero-order valence-electron chi connectivity index (χ0n) is 22.7. The Bertz CT molecular complexity index is 1870. The molecule has 1 saturated heterocycles. The molecule has 0 bridgehead atoms. The van der Waals surface area contributed by atoms with Crippen LogP contribution in [0.2, 0.25) is 5.02 Å². The number of hydrogen-bond donors (Lipinski definition) is 1. The molecule has 2 aromatic heterocycles. The fourth-order valence-corrected chi connectivity index (χ4v) is 7.18. The lowest BCUT2D eigenvalue weighted by Crippen LogP contribution is -2.39. The molecule has 0 amide bonds. The smallest absolute Gasteiger partial charge is 0.326 e. The number of aryl methyl sites for hydroxylation is 1. The Labute approximate surface area is 258 Å². The van der Waals surface area contributed by atoms with Crippen molar-refractivity contribution in [3.8, 4) is 0 Å². The van der Waals surface area contributed by atoms with Gasteiger partial charge in [-0.1, -0.05) is 35.4 Å². The number of carbonyl (C=O) groups excluding carboxylic acids is 2. The minimum absolute atomic E-state index is 0.103. The summed E-state index contributed by atoms with van der Waals surface area (Å²) in [6.45, 7) is -0.790. The van der Waals surface area contributed by atoms with Gasteiger partial charge in [-0.25, -0.2) is 27.2 Å². The second kappa shape index (κ2) is 12.8. The van der Waals surface area contributed by atoms with Gasteiger partial charge >= 0.3 is 12.7 Å². The number of nitrogens with one attached hydrogen (secondary N) is 1. The highest BCUT2D eigenvalue weighted by molar-refractivity contribution is 7.89. The largest absolute Gasteiger partial charge is 0.373 e. The van der Waals surface area contributed by atoms with E-state index in [9.17, 15) is 21.6 Å². The van der Waals surface area contributed by atoms with Crippen LogP contribution in [0.3, 0.4) is 0 Å². The second-order valence-electron chi connectivity index (χ2n) is 9.71. The molecule has 2 aliphatic rings. The first kappa shape index (κ1) is 31.3. The molecule has 0 saturated carbocycles. The van der Waals surface area contributed by atoms with Crippen molar-refractivity contribution < 1.29 is 31.2 Å². The molecule has 1 fully saturated rings. The van der Waals surface area contributed by atoms with Gasteiger partial charge in [0.25, 0.3) is 0 Å². The van der Waals surface area contributed by atoms with Gasteiger partial charge in [0.15, 0.2) is 10.8 Å². The SMILES string of the molecule is Cc1ccc(S(=O)(=O)N[C@H]2CC3=C(c4ccn(C(F)F)n4)[C@H](c4ccc(F)cc4Cl)N=C(c4nccs4)N3C2)cc1.O=C=O. The summed E-state index contributed by atoms with van der Waals surface area (Å²) in [5.74, 6) is -0.0718. The molecule has 44 heavy (non-hydrogen) atoms. The molecule has 6 rings (SSSR count). The quantitative estimate of drug-likeness (QED) is 0.288. The fraction of sp³-hybridized carbons (Fsp3) is 0.214. The minimum Gasteiger partial charge on any atom is -0.326 e.